The molecular weight excluding hydrogens is 224 g/mol. The van der Waals surface area contributed by atoms with Crippen LogP contribution < -0.4 is 10.4 Å². The van der Waals surface area contributed by atoms with Crippen molar-refractivity contribution >= 4 is 11.0 Å². The minimum absolute atomic E-state index is 0.0366. The van der Waals surface area contributed by atoms with Crippen molar-refractivity contribution in [2.75, 3.05) is 13.9 Å². The minimum Gasteiger partial charge on any atom is -0.504 e. The van der Waals surface area contributed by atoms with E-state index in [2.05, 4.69) is 0 Å². The van der Waals surface area contributed by atoms with Crippen LogP contribution in [0.15, 0.2) is 27.4 Å². The number of hydrogen-bond donors (Lipinski definition) is 1. The average molecular weight is 236 g/mol. The van der Waals surface area contributed by atoms with Crippen molar-refractivity contribution in [2.24, 2.45) is 0 Å². The Balaban J connectivity index is 2.59. The molecule has 5 nitrogen and oxygen atoms in total. The summed E-state index contributed by atoms with van der Waals surface area (Å²) in [6.45, 7) is 1.82. The van der Waals surface area contributed by atoms with Crippen molar-refractivity contribution < 1.29 is 19.0 Å². The van der Waals surface area contributed by atoms with Gasteiger partial charge in [-0.3, -0.25) is 0 Å². The third-order valence-electron chi connectivity index (χ3n) is 2.36. The highest BCUT2D eigenvalue weighted by atomic mass is 16.7. The highest BCUT2D eigenvalue weighted by molar-refractivity contribution is 5.83. The molecule has 0 amide bonds. The zero-order valence-corrected chi connectivity index (χ0v) is 9.52. The molecule has 0 aliphatic carbocycles. The normalized spacial score (nSPS) is 10.7. The van der Waals surface area contributed by atoms with Crippen molar-refractivity contribution in [2.45, 2.75) is 6.92 Å². The molecule has 1 aromatic heterocycles. The molecule has 0 atom stereocenters. The number of ether oxygens (including phenoxy) is 2. The van der Waals surface area contributed by atoms with E-state index in [1.807, 2.05) is 0 Å². The second kappa shape index (κ2) is 4.47. The van der Waals surface area contributed by atoms with Gasteiger partial charge < -0.3 is 19.0 Å². The highest BCUT2D eigenvalue weighted by Crippen LogP contribution is 2.32. The van der Waals surface area contributed by atoms with Crippen LogP contribution in [0.1, 0.15) is 5.56 Å². The molecule has 1 aromatic carbocycles. The van der Waals surface area contributed by atoms with E-state index in [0.29, 0.717) is 11.0 Å². The smallest absolute Gasteiger partial charge is 0.336 e. The number of hydrogen-bond acceptors (Lipinski definition) is 5. The molecule has 17 heavy (non-hydrogen) atoms. The Morgan fingerprint density at radius 3 is 2.82 bits per heavy atom. The lowest BCUT2D eigenvalue weighted by molar-refractivity contribution is 0.0493. The zero-order chi connectivity index (χ0) is 12.4. The summed E-state index contributed by atoms with van der Waals surface area (Å²) in [5, 5.41) is 10.4. The quantitative estimate of drug-likeness (QED) is 0.650. The number of benzene rings is 1. The van der Waals surface area contributed by atoms with E-state index in [0.717, 1.165) is 5.56 Å². The molecule has 1 heterocycles. The fraction of sp³-hybridized carbons (Fsp3) is 0.250. The predicted molar refractivity (Wildman–Crippen MR) is 61.4 cm³/mol. The van der Waals surface area contributed by atoms with Gasteiger partial charge in [-0.15, -0.1) is 0 Å². The number of rotatable bonds is 3. The fourth-order valence-corrected chi connectivity index (χ4v) is 1.57. The van der Waals surface area contributed by atoms with Gasteiger partial charge in [0.25, 0.3) is 0 Å². The van der Waals surface area contributed by atoms with E-state index in [-0.39, 0.29) is 18.3 Å². The summed E-state index contributed by atoms with van der Waals surface area (Å²) >= 11 is 0. The Kier molecular flexibility index (Phi) is 3.01. The summed E-state index contributed by atoms with van der Waals surface area (Å²) in [5.74, 6) is 0.194. The van der Waals surface area contributed by atoms with Crippen LogP contribution in [-0.4, -0.2) is 19.0 Å². The summed E-state index contributed by atoms with van der Waals surface area (Å²) in [5.41, 5.74) is 0.649. The lowest BCUT2D eigenvalue weighted by atomic mass is 10.1. The highest BCUT2D eigenvalue weighted by Gasteiger charge is 2.09. The fourth-order valence-electron chi connectivity index (χ4n) is 1.57. The van der Waals surface area contributed by atoms with Gasteiger partial charge in [-0.05, 0) is 18.6 Å². The number of phenolic OH excluding ortho intramolecular Hbond substituents is 1. The standard InChI is InChI=1S/C12H12O5/c1-7-3-12(14)17-10-5-9(13)11(4-8(7)10)16-6-15-2/h3-5,13H,6H2,1-2H3. The lowest BCUT2D eigenvalue weighted by Crippen LogP contribution is -2.01. The first-order valence-electron chi connectivity index (χ1n) is 5.01. The summed E-state index contributed by atoms with van der Waals surface area (Å²) in [6, 6.07) is 4.36. The molecule has 2 aromatic rings. The van der Waals surface area contributed by atoms with E-state index in [1.165, 1.54) is 19.2 Å². The first kappa shape index (κ1) is 11.5. The van der Waals surface area contributed by atoms with Crippen LogP contribution in [0.3, 0.4) is 0 Å². The van der Waals surface area contributed by atoms with Gasteiger partial charge in [0.1, 0.15) is 5.58 Å². The molecule has 90 valence electrons. The molecule has 5 heteroatoms. The van der Waals surface area contributed by atoms with E-state index in [4.69, 9.17) is 13.9 Å². The van der Waals surface area contributed by atoms with Crippen molar-refractivity contribution in [3.05, 3.63) is 34.2 Å². The van der Waals surface area contributed by atoms with Crippen molar-refractivity contribution in [1.82, 2.24) is 0 Å². The largest absolute Gasteiger partial charge is 0.504 e. The predicted octanol–water partition coefficient (Wildman–Crippen LogP) is 1.79. The first-order chi connectivity index (χ1) is 8.11. The van der Waals surface area contributed by atoms with Crippen molar-refractivity contribution in [1.29, 1.82) is 0 Å². The monoisotopic (exact) mass is 236 g/mol. The number of fused-ring (bicyclic) bond motifs is 1. The molecule has 2 rings (SSSR count). The molecule has 0 saturated carbocycles. The molecule has 0 spiro atoms. The van der Waals surface area contributed by atoms with Gasteiger partial charge in [0, 0.05) is 24.6 Å². The SMILES string of the molecule is COCOc1cc2c(C)cc(=O)oc2cc1O. The molecule has 0 aliphatic heterocycles. The molecule has 0 radical (unpaired) electrons. The van der Waals surface area contributed by atoms with E-state index in [1.54, 1.807) is 13.0 Å². The third-order valence-corrected chi connectivity index (χ3v) is 2.36. The van der Waals surface area contributed by atoms with E-state index >= 15 is 0 Å². The number of phenols is 1. The molecular formula is C12H12O5. The Bertz CT molecular complexity index is 600. The maximum absolute atomic E-state index is 11.2. The zero-order valence-electron chi connectivity index (χ0n) is 9.52. The molecule has 0 bridgehead atoms. The van der Waals surface area contributed by atoms with Gasteiger partial charge in [0.15, 0.2) is 18.3 Å². The Hall–Kier alpha value is -2.01. The maximum atomic E-state index is 11.2. The second-order valence-electron chi connectivity index (χ2n) is 3.62. The minimum atomic E-state index is -0.444. The van der Waals surface area contributed by atoms with Crippen LogP contribution in [0, 0.1) is 6.92 Å². The van der Waals surface area contributed by atoms with Gasteiger partial charge in [-0.25, -0.2) is 4.79 Å². The van der Waals surface area contributed by atoms with Gasteiger partial charge in [0.05, 0.1) is 0 Å². The Morgan fingerprint density at radius 1 is 1.35 bits per heavy atom. The van der Waals surface area contributed by atoms with Crippen LogP contribution in [0.4, 0.5) is 0 Å². The van der Waals surface area contributed by atoms with Gasteiger partial charge in [-0.2, -0.15) is 0 Å². The van der Waals surface area contributed by atoms with Gasteiger partial charge >= 0.3 is 5.63 Å². The van der Waals surface area contributed by atoms with Crippen molar-refractivity contribution in [3.8, 4) is 11.5 Å². The van der Waals surface area contributed by atoms with Crippen LogP contribution in [0.5, 0.6) is 11.5 Å². The summed E-state index contributed by atoms with van der Waals surface area (Å²) in [7, 11) is 1.49. The third kappa shape index (κ3) is 2.24. The maximum Gasteiger partial charge on any atom is 0.336 e. The second-order valence-corrected chi connectivity index (χ2v) is 3.62. The summed E-state index contributed by atoms with van der Waals surface area (Å²) in [6.07, 6.45) is 0. The first-order valence-corrected chi connectivity index (χ1v) is 5.01. The van der Waals surface area contributed by atoms with E-state index in [9.17, 15) is 9.90 Å². The van der Waals surface area contributed by atoms with Crippen molar-refractivity contribution in [3.63, 3.8) is 0 Å². The van der Waals surface area contributed by atoms with Gasteiger partial charge in [-0.1, -0.05) is 0 Å². The summed E-state index contributed by atoms with van der Waals surface area (Å²) < 4.78 is 14.9. The number of methoxy groups -OCH3 is 1. The molecule has 0 unspecified atom stereocenters. The molecule has 1 N–H and O–H groups in total. The summed E-state index contributed by atoms with van der Waals surface area (Å²) in [4.78, 5) is 11.2. The molecule has 0 saturated heterocycles. The topological polar surface area (TPSA) is 68.9 Å². The van der Waals surface area contributed by atoms with Crippen LogP contribution in [-0.2, 0) is 4.74 Å². The number of aromatic hydroxyl groups is 1. The lowest BCUT2D eigenvalue weighted by Gasteiger charge is -2.08. The Labute approximate surface area is 97.2 Å². The van der Waals surface area contributed by atoms with E-state index < -0.39 is 5.63 Å². The van der Waals surface area contributed by atoms with Gasteiger partial charge in [0.2, 0.25) is 0 Å². The van der Waals surface area contributed by atoms with Crippen LogP contribution >= 0.6 is 0 Å². The number of aryl methyl sites for hydroxylation is 1. The van der Waals surface area contributed by atoms with Crippen LogP contribution in [0.2, 0.25) is 0 Å². The van der Waals surface area contributed by atoms with Crippen LogP contribution in [0.25, 0.3) is 11.0 Å². The Morgan fingerprint density at radius 2 is 2.12 bits per heavy atom. The average Bonchev–Trinajstić information content (AvgIpc) is 2.26. The molecule has 0 aliphatic rings. The molecule has 0 fully saturated rings.